The molecule has 20 heavy (non-hydrogen) atoms. The average molecular weight is 290 g/mol. The quantitative estimate of drug-likeness (QED) is 0.661. The van der Waals surface area contributed by atoms with Crippen LogP contribution in [0.1, 0.15) is 31.0 Å². The maximum absolute atomic E-state index is 12.2. The highest BCUT2D eigenvalue weighted by Gasteiger charge is 2.30. The van der Waals surface area contributed by atoms with Gasteiger partial charge in [0.2, 0.25) is 0 Å². The zero-order chi connectivity index (χ0) is 14.7. The molecule has 1 heterocycles. The van der Waals surface area contributed by atoms with Gasteiger partial charge in [-0.3, -0.25) is 0 Å². The third kappa shape index (κ3) is 2.99. The van der Waals surface area contributed by atoms with Crippen molar-refractivity contribution >= 4 is 23.3 Å². The highest BCUT2D eigenvalue weighted by molar-refractivity contribution is 7.80. The van der Waals surface area contributed by atoms with E-state index in [2.05, 4.69) is 10.6 Å². The SMILES string of the molecule is CCOC(=O)C1=C(C)NC(=S)N[C@@H]1c1cccc(C)c1. The number of aryl methyl sites for hydroxylation is 1. The molecule has 1 aliphatic heterocycles. The van der Waals surface area contributed by atoms with Crippen molar-refractivity contribution in [1.82, 2.24) is 10.6 Å². The zero-order valence-corrected chi connectivity index (χ0v) is 12.6. The predicted molar refractivity (Wildman–Crippen MR) is 82.1 cm³/mol. The van der Waals surface area contributed by atoms with Gasteiger partial charge in [-0.2, -0.15) is 0 Å². The van der Waals surface area contributed by atoms with E-state index in [1.54, 1.807) is 6.92 Å². The number of hydrogen-bond acceptors (Lipinski definition) is 3. The Morgan fingerprint density at radius 2 is 2.15 bits per heavy atom. The summed E-state index contributed by atoms with van der Waals surface area (Å²) in [6.45, 7) is 6.00. The fourth-order valence-electron chi connectivity index (χ4n) is 2.27. The van der Waals surface area contributed by atoms with Gasteiger partial charge in [-0.15, -0.1) is 0 Å². The molecule has 0 saturated carbocycles. The van der Waals surface area contributed by atoms with Crippen LogP contribution >= 0.6 is 12.2 Å². The number of nitrogens with one attached hydrogen (secondary N) is 2. The highest BCUT2D eigenvalue weighted by atomic mass is 32.1. The van der Waals surface area contributed by atoms with Crippen LogP contribution < -0.4 is 10.6 Å². The summed E-state index contributed by atoms with van der Waals surface area (Å²) in [5.74, 6) is -0.320. The van der Waals surface area contributed by atoms with Crippen molar-refractivity contribution < 1.29 is 9.53 Å². The number of ether oxygens (including phenoxy) is 1. The summed E-state index contributed by atoms with van der Waals surface area (Å²) in [4.78, 5) is 12.2. The van der Waals surface area contributed by atoms with Crippen LogP contribution in [-0.2, 0) is 9.53 Å². The van der Waals surface area contributed by atoms with E-state index in [1.165, 1.54) is 0 Å². The number of allylic oxidation sites excluding steroid dienone is 1. The molecule has 0 saturated heterocycles. The third-order valence-electron chi connectivity index (χ3n) is 3.14. The van der Waals surface area contributed by atoms with Crippen molar-refractivity contribution in [2.24, 2.45) is 0 Å². The van der Waals surface area contributed by atoms with Gasteiger partial charge in [0.05, 0.1) is 18.2 Å². The van der Waals surface area contributed by atoms with E-state index in [0.717, 1.165) is 16.8 Å². The summed E-state index contributed by atoms with van der Waals surface area (Å²) in [5.41, 5.74) is 3.44. The molecule has 0 aliphatic carbocycles. The first-order valence-corrected chi connectivity index (χ1v) is 6.95. The Morgan fingerprint density at radius 3 is 2.80 bits per heavy atom. The van der Waals surface area contributed by atoms with Gasteiger partial charge in [-0.05, 0) is 38.6 Å². The van der Waals surface area contributed by atoms with Gasteiger partial charge in [0.1, 0.15) is 0 Å². The van der Waals surface area contributed by atoms with Gasteiger partial charge >= 0.3 is 5.97 Å². The minimum absolute atomic E-state index is 0.275. The molecule has 0 aromatic heterocycles. The van der Waals surface area contributed by atoms with Crippen LogP contribution in [-0.4, -0.2) is 17.7 Å². The summed E-state index contributed by atoms with van der Waals surface area (Å²) in [6.07, 6.45) is 0. The molecule has 2 rings (SSSR count). The molecule has 0 fully saturated rings. The summed E-state index contributed by atoms with van der Waals surface area (Å²) in [7, 11) is 0. The van der Waals surface area contributed by atoms with Crippen LogP contribution in [0.4, 0.5) is 0 Å². The number of carbonyl (C=O) groups excluding carboxylic acids is 1. The minimum atomic E-state index is -0.320. The lowest BCUT2D eigenvalue weighted by molar-refractivity contribution is -0.139. The topological polar surface area (TPSA) is 50.4 Å². The Kier molecular flexibility index (Phi) is 4.39. The van der Waals surface area contributed by atoms with Gasteiger partial charge < -0.3 is 15.4 Å². The van der Waals surface area contributed by atoms with Crippen LogP contribution in [0.2, 0.25) is 0 Å². The van der Waals surface area contributed by atoms with Crippen molar-refractivity contribution in [2.75, 3.05) is 6.61 Å². The normalized spacial score (nSPS) is 18.4. The standard InChI is InChI=1S/C15H18N2O2S/c1-4-19-14(18)12-10(3)16-15(20)17-13(12)11-7-5-6-9(2)8-11/h5-8,13H,4H2,1-3H3,(H2,16,17,20)/t13-/m1/s1. The van der Waals surface area contributed by atoms with E-state index < -0.39 is 0 Å². The van der Waals surface area contributed by atoms with E-state index in [1.807, 2.05) is 38.1 Å². The lowest BCUT2D eigenvalue weighted by atomic mass is 9.94. The first-order chi connectivity index (χ1) is 9.52. The van der Waals surface area contributed by atoms with E-state index >= 15 is 0 Å². The van der Waals surface area contributed by atoms with Crippen molar-refractivity contribution in [3.63, 3.8) is 0 Å². The summed E-state index contributed by atoms with van der Waals surface area (Å²) >= 11 is 5.19. The molecule has 2 N–H and O–H groups in total. The van der Waals surface area contributed by atoms with Crippen LogP contribution in [0.25, 0.3) is 0 Å². The van der Waals surface area contributed by atoms with Gasteiger partial charge in [0.25, 0.3) is 0 Å². The van der Waals surface area contributed by atoms with E-state index in [4.69, 9.17) is 17.0 Å². The number of esters is 1. The molecule has 4 nitrogen and oxygen atoms in total. The fraction of sp³-hybridized carbons (Fsp3) is 0.333. The molecule has 1 atom stereocenters. The van der Waals surface area contributed by atoms with Crippen LogP contribution in [0, 0.1) is 6.92 Å². The number of benzene rings is 1. The van der Waals surface area contributed by atoms with Gasteiger partial charge in [0, 0.05) is 5.70 Å². The smallest absolute Gasteiger partial charge is 0.338 e. The minimum Gasteiger partial charge on any atom is -0.463 e. The maximum Gasteiger partial charge on any atom is 0.338 e. The fourth-order valence-corrected chi connectivity index (χ4v) is 2.54. The molecule has 0 amide bonds. The monoisotopic (exact) mass is 290 g/mol. The van der Waals surface area contributed by atoms with Crippen LogP contribution in [0.5, 0.6) is 0 Å². The average Bonchev–Trinajstić information content (AvgIpc) is 2.37. The zero-order valence-electron chi connectivity index (χ0n) is 11.8. The highest BCUT2D eigenvalue weighted by Crippen LogP contribution is 2.28. The Bertz CT molecular complexity index is 581. The Morgan fingerprint density at radius 1 is 1.40 bits per heavy atom. The summed E-state index contributed by atoms with van der Waals surface area (Å²) in [5, 5.41) is 6.64. The molecular formula is C15H18N2O2S. The van der Waals surface area contributed by atoms with Crippen molar-refractivity contribution in [2.45, 2.75) is 26.8 Å². The first kappa shape index (κ1) is 14.5. The summed E-state index contributed by atoms with van der Waals surface area (Å²) in [6, 6.07) is 7.73. The van der Waals surface area contributed by atoms with Crippen LogP contribution in [0.3, 0.4) is 0 Å². The van der Waals surface area contributed by atoms with Gasteiger partial charge in [-0.1, -0.05) is 29.8 Å². The summed E-state index contributed by atoms with van der Waals surface area (Å²) < 4.78 is 5.15. The Hall–Kier alpha value is -1.88. The lowest BCUT2D eigenvalue weighted by Gasteiger charge is -2.30. The lowest BCUT2D eigenvalue weighted by Crippen LogP contribution is -2.45. The van der Waals surface area contributed by atoms with Crippen molar-refractivity contribution in [3.8, 4) is 0 Å². The molecule has 0 bridgehead atoms. The second-order valence-corrected chi connectivity index (χ2v) is 5.11. The molecule has 0 unspecified atom stereocenters. The van der Waals surface area contributed by atoms with Crippen molar-refractivity contribution in [3.05, 3.63) is 46.7 Å². The van der Waals surface area contributed by atoms with E-state index in [9.17, 15) is 4.79 Å². The molecule has 1 aliphatic rings. The second-order valence-electron chi connectivity index (χ2n) is 4.70. The molecule has 1 aromatic rings. The van der Waals surface area contributed by atoms with Gasteiger partial charge in [0.15, 0.2) is 5.11 Å². The molecule has 0 radical (unpaired) electrons. The largest absolute Gasteiger partial charge is 0.463 e. The first-order valence-electron chi connectivity index (χ1n) is 6.55. The Balaban J connectivity index is 2.44. The molecule has 106 valence electrons. The van der Waals surface area contributed by atoms with E-state index in [-0.39, 0.29) is 12.0 Å². The van der Waals surface area contributed by atoms with E-state index in [0.29, 0.717) is 17.3 Å². The molecule has 1 aromatic carbocycles. The molecule has 0 spiro atoms. The van der Waals surface area contributed by atoms with Gasteiger partial charge in [-0.25, -0.2) is 4.79 Å². The number of rotatable bonds is 3. The second kappa shape index (κ2) is 6.05. The third-order valence-corrected chi connectivity index (χ3v) is 3.36. The molecule has 5 heteroatoms. The predicted octanol–water partition coefficient (Wildman–Crippen LogP) is 2.35. The number of hydrogen-bond donors (Lipinski definition) is 2. The Labute approximate surface area is 124 Å². The van der Waals surface area contributed by atoms with Crippen molar-refractivity contribution in [1.29, 1.82) is 0 Å². The van der Waals surface area contributed by atoms with Crippen LogP contribution in [0.15, 0.2) is 35.5 Å². The molecular weight excluding hydrogens is 272 g/mol. The number of carbonyl (C=O) groups is 1. The number of thiocarbonyl (C=S) groups is 1. The maximum atomic E-state index is 12.2.